The molecule has 0 unspecified atom stereocenters. The second kappa shape index (κ2) is 11.0. The maximum absolute atomic E-state index is 14.6. The van der Waals surface area contributed by atoms with Crippen LogP contribution in [0.15, 0.2) is 71.3 Å². The van der Waals surface area contributed by atoms with Crippen molar-refractivity contribution in [3.63, 3.8) is 0 Å². The second-order valence-corrected chi connectivity index (χ2v) is 8.44. The van der Waals surface area contributed by atoms with Crippen LogP contribution < -0.4 is 5.32 Å². The van der Waals surface area contributed by atoms with Gasteiger partial charge in [0.05, 0.1) is 13.0 Å². The topological polar surface area (TPSA) is 102 Å². The first-order chi connectivity index (χ1) is 17.3. The number of carboxylic acids is 1. The van der Waals surface area contributed by atoms with Crippen molar-refractivity contribution in [2.75, 3.05) is 11.9 Å². The first-order valence-corrected chi connectivity index (χ1v) is 11.4. The van der Waals surface area contributed by atoms with Crippen LogP contribution in [0.3, 0.4) is 0 Å². The molecule has 7 nitrogen and oxygen atoms in total. The SMILES string of the molecule is Cc1onc(-c2cccc(-c3cc(CC(=O)O)ccc3F)c2)c1NC(=O)OCCc1ccccc1Cl. The summed E-state index contributed by atoms with van der Waals surface area (Å²) in [5, 5.41) is 16.4. The average Bonchev–Trinajstić information content (AvgIpc) is 3.21. The summed E-state index contributed by atoms with van der Waals surface area (Å²) in [7, 11) is 0. The number of nitrogens with one attached hydrogen (secondary N) is 1. The van der Waals surface area contributed by atoms with E-state index in [1.807, 2.05) is 18.2 Å². The molecule has 0 aliphatic heterocycles. The Morgan fingerprint density at radius 3 is 2.64 bits per heavy atom. The van der Waals surface area contributed by atoms with E-state index < -0.39 is 17.9 Å². The molecule has 0 atom stereocenters. The first kappa shape index (κ1) is 24.9. The molecule has 3 aromatic carbocycles. The maximum atomic E-state index is 14.6. The van der Waals surface area contributed by atoms with Gasteiger partial charge in [0.2, 0.25) is 0 Å². The van der Waals surface area contributed by atoms with E-state index in [2.05, 4.69) is 10.5 Å². The van der Waals surface area contributed by atoms with Crippen molar-refractivity contribution in [1.29, 1.82) is 0 Å². The number of halogens is 2. The summed E-state index contributed by atoms with van der Waals surface area (Å²) in [6, 6.07) is 18.4. The summed E-state index contributed by atoms with van der Waals surface area (Å²) in [5.41, 5.74) is 3.36. The van der Waals surface area contributed by atoms with Gasteiger partial charge in [-0.15, -0.1) is 0 Å². The molecule has 0 bridgehead atoms. The number of ether oxygens (including phenoxy) is 1. The fraction of sp³-hybridized carbons (Fsp3) is 0.148. The second-order valence-electron chi connectivity index (χ2n) is 8.03. The molecule has 4 rings (SSSR count). The smallest absolute Gasteiger partial charge is 0.411 e. The van der Waals surface area contributed by atoms with Gasteiger partial charge in [0.1, 0.15) is 17.2 Å². The third-order valence-electron chi connectivity index (χ3n) is 5.49. The Labute approximate surface area is 211 Å². The quantitative estimate of drug-likeness (QED) is 0.280. The molecule has 4 aromatic rings. The number of benzene rings is 3. The number of carbonyl (C=O) groups is 2. The number of carbonyl (C=O) groups excluding carboxylic acids is 1. The van der Waals surface area contributed by atoms with E-state index >= 15 is 0 Å². The van der Waals surface area contributed by atoms with Crippen LogP contribution in [0.25, 0.3) is 22.4 Å². The summed E-state index contributed by atoms with van der Waals surface area (Å²) in [5.74, 6) is -1.12. The summed E-state index contributed by atoms with van der Waals surface area (Å²) in [6.45, 7) is 1.77. The van der Waals surface area contributed by atoms with Crippen LogP contribution in [-0.2, 0) is 22.4 Å². The molecule has 0 fully saturated rings. The van der Waals surface area contributed by atoms with E-state index in [4.69, 9.17) is 26.0 Å². The van der Waals surface area contributed by atoms with Crippen molar-refractivity contribution in [1.82, 2.24) is 5.16 Å². The predicted molar refractivity (Wildman–Crippen MR) is 134 cm³/mol. The van der Waals surface area contributed by atoms with Gasteiger partial charge >= 0.3 is 12.1 Å². The van der Waals surface area contributed by atoms with Crippen LogP contribution in [0, 0.1) is 12.7 Å². The summed E-state index contributed by atoms with van der Waals surface area (Å²) in [4.78, 5) is 23.5. The molecule has 0 saturated heterocycles. The number of aliphatic carboxylic acids is 1. The van der Waals surface area contributed by atoms with Crippen molar-refractivity contribution in [3.8, 4) is 22.4 Å². The molecule has 0 aliphatic rings. The highest BCUT2D eigenvalue weighted by Crippen LogP contribution is 2.34. The number of amides is 1. The van der Waals surface area contributed by atoms with Gasteiger partial charge in [0.15, 0.2) is 5.76 Å². The van der Waals surface area contributed by atoms with Gasteiger partial charge in [-0.1, -0.05) is 59.2 Å². The van der Waals surface area contributed by atoms with Crippen LogP contribution in [0.4, 0.5) is 14.9 Å². The number of hydrogen-bond acceptors (Lipinski definition) is 5. The van der Waals surface area contributed by atoms with Crippen molar-refractivity contribution < 1.29 is 28.3 Å². The molecule has 2 N–H and O–H groups in total. The number of aromatic nitrogens is 1. The van der Waals surface area contributed by atoms with Crippen molar-refractivity contribution in [3.05, 3.63) is 94.5 Å². The number of anilines is 1. The Balaban J connectivity index is 1.52. The fourth-order valence-electron chi connectivity index (χ4n) is 3.72. The number of hydrogen-bond donors (Lipinski definition) is 2. The number of rotatable bonds is 8. The van der Waals surface area contributed by atoms with Crippen LogP contribution in [-0.4, -0.2) is 28.9 Å². The van der Waals surface area contributed by atoms with Crippen molar-refractivity contribution >= 4 is 29.4 Å². The molecule has 36 heavy (non-hydrogen) atoms. The fourth-order valence-corrected chi connectivity index (χ4v) is 3.95. The van der Waals surface area contributed by atoms with Crippen LogP contribution >= 0.6 is 11.6 Å². The van der Waals surface area contributed by atoms with Crippen LogP contribution in [0.5, 0.6) is 0 Å². The Hall–Kier alpha value is -4.17. The third-order valence-corrected chi connectivity index (χ3v) is 5.85. The van der Waals surface area contributed by atoms with Gasteiger partial charge in [-0.2, -0.15) is 0 Å². The molecule has 0 radical (unpaired) electrons. The van der Waals surface area contributed by atoms with Gasteiger partial charge in [-0.05, 0) is 47.9 Å². The molecular formula is C27H22ClFN2O5. The average molecular weight is 509 g/mol. The molecule has 0 spiro atoms. The van der Waals surface area contributed by atoms with Crippen molar-refractivity contribution in [2.24, 2.45) is 0 Å². The van der Waals surface area contributed by atoms with Gasteiger partial charge in [-0.3, -0.25) is 10.1 Å². The minimum atomic E-state index is -1.01. The molecule has 1 amide bonds. The minimum Gasteiger partial charge on any atom is -0.481 e. The minimum absolute atomic E-state index is 0.122. The first-order valence-electron chi connectivity index (χ1n) is 11.1. The highest BCUT2D eigenvalue weighted by Gasteiger charge is 2.19. The Morgan fingerprint density at radius 2 is 1.86 bits per heavy atom. The summed E-state index contributed by atoms with van der Waals surface area (Å²) >= 11 is 6.14. The Kier molecular flexibility index (Phi) is 7.65. The van der Waals surface area contributed by atoms with Crippen LogP contribution in [0.2, 0.25) is 5.02 Å². The monoisotopic (exact) mass is 508 g/mol. The van der Waals surface area contributed by atoms with Gasteiger partial charge in [0.25, 0.3) is 0 Å². The molecule has 9 heteroatoms. The lowest BCUT2D eigenvalue weighted by Crippen LogP contribution is -2.16. The van der Waals surface area contributed by atoms with Gasteiger partial charge in [0, 0.05) is 22.6 Å². The summed E-state index contributed by atoms with van der Waals surface area (Å²) in [6.07, 6.45) is -0.447. The molecular weight excluding hydrogens is 487 g/mol. The summed E-state index contributed by atoms with van der Waals surface area (Å²) < 4.78 is 25.2. The van der Waals surface area contributed by atoms with Gasteiger partial charge in [-0.25, -0.2) is 9.18 Å². The molecule has 1 aromatic heterocycles. The molecule has 0 saturated carbocycles. The van der Waals surface area contributed by atoms with E-state index in [1.54, 1.807) is 37.3 Å². The van der Waals surface area contributed by atoms with Crippen molar-refractivity contribution in [2.45, 2.75) is 19.8 Å². The standard InChI is InChI=1S/C27H22ClFN2O5/c1-16-25(30-27(34)35-12-11-18-5-2-3-8-22(18)28)26(31-36-16)20-7-4-6-19(15-20)21-13-17(14-24(32)33)9-10-23(21)29/h2-10,13,15H,11-12,14H2,1H3,(H,30,34)(H,32,33). The molecule has 184 valence electrons. The molecule has 1 heterocycles. The zero-order chi connectivity index (χ0) is 25.7. The molecule has 0 aliphatic carbocycles. The number of nitrogens with zero attached hydrogens (tertiary/aromatic N) is 1. The van der Waals surface area contributed by atoms with Gasteiger partial charge < -0.3 is 14.4 Å². The predicted octanol–water partition coefficient (Wildman–Crippen LogP) is 6.53. The zero-order valence-electron chi connectivity index (χ0n) is 19.3. The Bertz CT molecular complexity index is 1420. The van der Waals surface area contributed by atoms with Crippen LogP contribution in [0.1, 0.15) is 16.9 Å². The van der Waals surface area contributed by atoms with E-state index in [0.29, 0.717) is 45.3 Å². The van der Waals surface area contributed by atoms with E-state index in [0.717, 1.165) is 5.56 Å². The van der Waals surface area contributed by atoms with E-state index in [1.165, 1.54) is 18.2 Å². The highest BCUT2D eigenvalue weighted by molar-refractivity contribution is 6.31. The third kappa shape index (κ3) is 5.90. The largest absolute Gasteiger partial charge is 0.481 e. The maximum Gasteiger partial charge on any atom is 0.411 e. The lowest BCUT2D eigenvalue weighted by atomic mass is 9.98. The van der Waals surface area contributed by atoms with E-state index in [-0.39, 0.29) is 18.6 Å². The zero-order valence-corrected chi connectivity index (χ0v) is 20.0. The number of carboxylic acid groups (broad SMARTS) is 1. The normalized spacial score (nSPS) is 10.8. The lowest BCUT2D eigenvalue weighted by Gasteiger charge is -2.10. The lowest BCUT2D eigenvalue weighted by molar-refractivity contribution is -0.136. The highest BCUT2D eigenvalue weighted by atomic mass is 35.5. The Morgan fingerprint density at radius 1 is 1.08 bits per heavy atom. The number of aryl methyl sites for hydroxylation is 1. The van der Waals surface area contributed by atoms with E-state index in [9.17, 15) is 14.0 Å².